The van der Waals surface area contributed by atoms with Gasteiger partial charge in [-0.25, -0.2) is 0 Å². The molecule has 124 valence electrons. The Balaban J connectivity index is 2.08. The second kappa shape index (κ2) is 7.87. The number of benzene rings is 2. The van der Waals surface area contributed by atoms with Gasteiger partial charge in [-0.05, 0) is 38.5 Å². The predicted molar refractivity (Wildman–Crippen MR) is 128 cm³/mol. The monoisotopic (exact) mass is 548 g/mol. The van der Waals surface area contributed by atoms with Crippen LogP contribution in [0.5, 0.6) is 0 Å². The van der Waals surface area contributed by atoms with Crippen molar-refractivity contribution in [3.63, 3.8) is 0 Å². The summed E-state index contributed by atoms with van der Waals surface area (Å²) in [7, 11) is 0. The number of allylic oxidation sites excluding steroid dienone is 6. The van der Waals surface area contributed by atoms with Gasteiger partial charge in [0.25, 0.3) is 0 Å². The highest BCUT2D eigenvalue weighted by Gasteiger charge is 2.40. The molecule has 0 spiro atoms. The molecule has 0 saturated carbocycles. The van der Waals surface area contributed by atoms with Crippen LogP contribution in [0.1, 0.15) is 11.1 Å². The van der Waals surface area contributed by atoms with E-state index in [2.05, 4.69) is 101 Å². The Kier molecular flexibility index (Phi) is 5.36. The van der Waals surface area contributed by atoms with Gasteiger partial charge < -0.3 is 0 Å². The molecule has 0 radical (unpaired) electrons. The Morgan fingerprint density at radius 3 is 1.36 bits per heavy atom. The van der Waals surface area contributed by atoms with Crippen molar-refractivity contribution < 1.29 is 0 Å². The summed E-state index contributed by atoms with van der Waals surface area (Å²) in [6.45, 7) is 0. The summed E-state index contributed by atoms with van der Waals surface area (Å²) < 4.78 is 9.64. The molecule has 0 amide bonds. The lowest BCUT2D eigenvalue weighted by Crippen LogP contribution is -2.32. The van der Waals surface area contributed by atoms with Gasteiger partial charge >= 0.3 is 0 Å². The van der Waals surface area contributed by atoms with Gasteiger partial charge in [-0.15, -0.1) is 0 Å². The summed E-state index contributed by atoms with van der Waals surface area (Å²) in [4.78, 5) is 0. The molecule has 0 aromatic heterocycles. The fourth-order valence-electron chi connectivity index (χ4n) is 3.44. The lowest BCUT2D eigenvalue weighted by Gasteiger charge is -2.38. The predicted octanol–water partition coefficient (Wildman–Crippen LogP) is 6.43. The molecule has 0 atom stereocenters. The summed E-state index contributed by atoms with van der Waals surface area (Å²) in [5, 5.41) is 0. The molecule has 2 aromatic carbocycles. The molecule has 0 aliphatic carbocycles. The van der Waals surface area contributed by atoms with Gasteiger partial charge in [0.1, 0.15) is 0 Å². The van der Waals surface area contributed by atoms with Crippen molar-refractivity contribution in [3.8, 4) is 0 Å². The molecule has 25 heavy (non-hydrogen) atoms. The second-order valence-electron chi connectivity index (χ2n) is 5.83. The van der Waals surface area contributed by atoms with E-state index in [1.165, 1.54) is 22.3 Å². The van der Waals surface area contributed by atoms with Gasteiger partial charge in [0.15, 0.2) is 0 Å². The minimum atomic E-state index is -0.211. The van der Waals surface area contributed by atoms with Crippen molar-refractivity contribution in [1.29, 1.82) is 0 Å². The van der Waals surface area contributed by atoms with Gasteiger partial charge in [-0.3, -0.25) is 0 Å². The second-order valence-corrected chi connectivity index (χ2v) is 9.96. The summed E-state index contributed by atoms with van der Waals surface area (Å²) in [5.41, 5.74) is 5.33. The first-order chi connectivity index (χ1) is 12.4. The molecule has 0 unspecified atom stereocenters. The topological polar surface area (TPSA) is 0 Å². The molecular weight excluding hydrogens is 530 g/mol. The zero-order chi connectivity index (χ0) is 17.0. The van der Waals surface area contributed by atoms with Gasteiger partial charge in [-0.2, -0.15) is 0 Å². The van der Waals surface area contributed by atoms with Crippen LogP contribution in [0.2, 0.25) is 0 Å². The molecule has 2 aromatic rings. The normalized spacial score (nSPS) is 16.5. The van der Waals surface area contributed by atoms with Crippen LogP contribution in [0.4, 0.5) is 0 Å². The lowest BCUT2D eigenvalue weighted by molar-refractivity contribution is 0.747. The highest BCUT2D eigenvalue weighted by Crippen LogP contribution is 2.48. The average Bonchev–Trinajstić information content (AvgIpc) is 2.72. The van der Waals surface area contributed by atoms with Crippen LogP contribution in [0.25, 0.3) is 0 Å². The maximum atomic E-state index is 2.49. The standard InChI is InChI=1S/C23H18I2/c1-3-9-19(10-4-1)23(20-11-5-2-6-12-20,21-13-7-15-24-17-21)22-14-8-16-25-18-22/h1-18H. The molecule has 0 saturated heterocycles. The Morgan fingerprint density at radius 2 is 1.00 bits per heavy atom. The van der Waals surface area contributed by atoms with Gasteiger partial charge in [-0.1, -0.05) is 126 Å². The van der Waals surface area contributed by atoms with E-state index in [9.17, 15) is 0 Å². The van der Waals surface area contributed by atoms with Crippen molar-refractivity contribution in [1.82, 2.24) is 0 Å². The van der Waals surface area contributed by atoms with E-state index in [-0.39, 0.29) is 46.9 Å². The molecule has 2 aliphatic rings. The summed E-state index contributed by atoms with van der Waals surface area (Å²) in [6, 6.07) is 22.0. The summed E-state index contributed by atoms with van der Waals surface area (Å²) in [5.74, 6) is 0. The number of hydrogen-bond donors (Lipinski definition) is 0. The van der Waals surface area contributed by atoms with Crippen LogP contribution >= 0.6 is 41.5 Å². The minimum Gasteiger partial charge on any atom is -0.0934 e. The summed E-state index contributed by atoms with van der Waals surface area (Å²) >= 11 is -0.0438. The maximum Gasteiger partial charge on any atom is 0.0710 e. The van der Waals surface area contributed by atoms with Crippen molar-refractivity contribution in [2.24, 2.45) is 0 Å². The molecule has 0 N–H and O–H groups in total. The van der Waals surface area contributed by atoms with Gasteiger partial charge in [0.05, 0.1) is 5.41 Å². The zero-order valence-corrected chi connectivity index (χ0v) is 18.0. The third-order valence-electron chi connectivity index (χ3n) is 4.48. The average molecular weight is 548 g/mol. The van der Waals surface area contributed by atoms with Crippen LogP contribution in [-0.2, 0) is 5.41 Å². The summed E-state index contributed by atoms with van der Waals surface area (Å²) in [6.07, 6.45) is 9.12. The van der Waals surface area contributed by atoms with E-state index < -0.39 is 0 Å². The van der Waals surface area contributed by atoms with E-state index in [0.29, 0.717) is 0 Å². The van der Waals surface area contributed by atoms with Crippen LogP contribution in [0, 0.1) is 0 Å². The highest BCUT2D eigenvalue weighted by atomic mass is 127. The Labute approximate surface area is 169 Å². The van der Waals surface area contributed by atoms with E-state index in [4.69, 9.17) is 0 Å². The SMILES string of the molecule is C1=CC(C(C2=CI=CC=C2)(c2ccccc2)c2ccccc2)=CI=C1. The van der Waals surface area contributed by atoms with Crippen LogP contribution in [0.3, 0.4) is 0 Å². The minimum absolute atomic E-state index is 0.0219. The van der Waals surface area contributed by atoms with Crippen LogP contribution in [-0.4, -0.2) is 8.02 Å². The van der Waals surface area contributed by atoms with Gasteiger partial charge in [0.2, 0.25) is 0 Å². The van der Waals surface area contributed by atoms with Crippen LogP contribution in [0.15, 0.2) is 104 Å². The lowest BCUT2D eigenvalue weighted by atomic mass is 9.65. The first-order valence-corrected chi connectivity index (χ1v) is 13.2. The van der Waals surface area contributed by atoms with Crippen LogP contribution < -0.4 is 0 Å². The number of hydrogen-bond acceptors (Lipinski definition) is 0. The quantitative estimate of drug-likeness (QED) is 0.387. The third-order valence-corrected chi connectivity index (χ3v) is 8.21. The molecular formula is C23H18I2. The van der Waals surface area contributed by atoms with E-state index in [0.717, 1.165) is 0 Å². The van der Waals surface area contributed by atoms with Crippen molar-refractivity contribution in [3.05, 3.63) is 115 Å². The molecule has 0 nitrogen and oxygen atoms in total. The Hall–Kier alpha value is -1.40. The molecule has 0 bridgehead atoms. The smallest absolute Gasteiger partial charge is 0.0710 e. The molecule has 0 fully saturated rings. The first-order valence-electron chi connectivity index (χ1n) is 8.18. The molecule has 2 aliphatic heterocycles. The fraction of sp³-hybridized carbons (Fsp3) is 0.0435. The highest BCUT2D eigenvalue weighted by molar-refractivity contribution is 14.2. The molecule has 2 heteroatoms. The Bertz CT molecular complexity index is 847. The van der Waals surface area contributed by atoms with E-state index in [1.54, 1.807) is 0 Å². The van der Waals surface area contributed by atoms with E-state index >= 15 is 0 Å². The zero-order valence-electron chi connectivity index (χ0n) is 13.6. The van der Waals surface area contributed by atoms with Crippen molar-refractivity contribution in [2.45, 2.75) is 5.41 Å². The maximum absolute atomic E-state index is 2.49. The Morgan fingerprint density at radius 1 is 0.560 bits per heavy atom. The molecule has 4 rings (SSSR count). The van der Waals surface area contributed by atoms with Gasteiger partial charge in [0, 0.05) is 0 Å². The fourth-order valence-corrected chi connectivity index (χ4v) is 6.87. The third kappa shape index (κ3) is 3.22. The number of rotatable bonds is 4. The first kappa shape index (κ1) is 17.0. The largest absolute Gasteiger partial charge is 0.0934 e. The van der Waals surface area contributed by atoms with Crippen molar-refractivity contribution in [2.75, 3.05) is 0 Å². The van der Waals surface area contributed by atoms with E-state index in [1.807, 2.05) is 0 Å². The number of halogens is 2. The van der Waals surface area contributed by atoms with Crippen molar-refractivity contribution >= 4 is 49.5 Å². The molecule has 2 heterocycles.